The van der Waals surface area contributed by atoms with Gasteiger partial charge in [-0.3, -0.25) is 0 Å². The van der Waals surface area contributed by atoms with Crippen LogP contribution >= 0.6 is 0 Å². The molecular weight excluding hydrogens is 314 g/mol. The molecule has 0 spiro atoms. The highest BCUT2D eigenvalue weighted by Gasteiger charge is 2.32. The third-order valence-electron chi connectivity index (χ3n) is 5.48. The van der Waals surface area contributed by atoms with Gasteiger partial charge in [0.15, 0.2) is 0 Å². The molecule has 1 aromatic heterocycles. The Labute approximate surface area is 150 Å². The fourth-order valence-electron chi connectivity index (χ4n) is 3.98. The summed E-state index contributed by atoms with van der Waals surface area (Å²) in [5, 5.41) is 8.91. The van der Waals surface area contributed by atoms with E-state index in [2.05, 4.69) is 42.0 Å². The first-order valence-corrected chi connectivity index (χ1v) is 9.17. The van der Waals surface area contributed by atoms with Crippen LogP contribution in [0.5, 0.6) is 11.5 Å². The molecule has 136 valence electrons. The van der Waals surface area contributed by atoms with Gasteiger partial charge in [0.05, 0.1) is 26.5 Å². The molecule has 5 nitrogen and oxygen atoms in total. The molecule has 2 aromatic rings. The van der Waals surface area contributed by atoms with Gasteiger partial charge in [-0.1, -0.05) is 32.4 Å². The molecule has 1 fully saturated rings. The maximum Gasteiger partial charge on any atom is 0.123 e. The highest BCUT2D eigenvalue weighted by molar-refractivity contribution is 5.63. The Bertz CT molecular complexity index is 688. The Morgan fingerprint density at radius 3 is 2.36 bits per heavy atom. The van der Waals surface area contributed by atoms with Crippen molar-refractivity contribution in [1.29, 1.82) is 0 Å². The molecule has 0 radical (unpaired) electrons. The summed E-state index contributed by atoms with van der Waals surface area (Å²) in [5.41, 5.74) is 1.82. The van der Waals surface area contributed by atoms with Gasteiger partial charge in [0, 0.05) is 11.6 Å². The zero-order chi connectivity index (χ0) is 18.0. The van der Waals surface area contributed by atoms with E-state index >= 15 is 0 Å². The Kier molecular flexibility index (Phi) is 5.30. The highest BCUT2D eigenvalue weighted by atomic mass is 16.5. The summed E-state index contributed by atoms with van der Waals surface area (Å²) in [4.78, 5) is 0. The lowest BCUT2D eigenvalue weighted by Crippen LogP contribution is -2.30. The summed E-state index contributed by atoms with van der Waals surface area (Å²) in [6, 6.07) is 6.24. The van der Waals surface area contributed by atoms with E-state index in [0.29, 0.717) is 17.9 Å². The fourth-order valence-corrected chi connectivity index (χ4v) is 3.98. The largest absolute Gasteiger partial charge is 0.497 e. The summed E-state index contributed by atoms with van der Waals surface area (Å²) in [6.45, 7) is 6.98. The van der Waals surface area contributed by atoms with Gasteiger partial charge in [0.25, 0.3) is 0 Å². The second-order valence-electron chi connectivity index (χ2n) is 7.58. The first-order chi connectivity index (χ1) is 12.0. The van der Waals surface area contributed by atoms with Crippen molar-refractivity contribution in [2.45, 2.75) is 46.1 Å². The summed E-state index contributed by atoms with van der Waals surface area (Å²) in [7, 11) is 3.32. The monoisotopic (exact) mass is 343 g/mol. The third kappa shape index (κ3) is 3.80. The molecule has 1 aliphatic rings. The minimum Gasteiger partial charge on any atom is -0.497 e. The van der Waals surface area contributed by atoms with Crippen molar-refractivity contribution in [3.8, 4) is 22.8 Å². The van der Waals surface area contributed by atoms with Crippen molar-refractivity contribution >= 4 is 0 Å². The van der Waals surface area contributed by atoms with Crippen LogP contribution in [0.25, 0.3) is 11.3 Å². The molecule has 0 N–H and O–H groups in total. The van der Waals surface area contributed by atoms with Gasteiger partial charge < -0.3 is 9.47 Å². The Balaban J connectivity index is 1.91. The molecule has 5 heteroatoms. The van der Waals surface area contributed by atoms with Crippen LogP contribution < -0.4 is 9.47 Å². The first kappa shape index (κ1) is 17.8. The lowest BCUT2D eigenvalue weighted by Gasteiger charge is -2.37. The van der Waals surface area contributed by atoms with Gasteiger partial charge >= 0.3 is 0 Å². The van der Waals surface area contributed by atoms with E-state index in [1.165, 1.54) is 19.3 Å². The minimum absolute atomic E-state index is 0.428. The number of nitrogens with zero attached hydrogens (tertiary/aromatic N) is 3. The highest BCUT2D eigenvalue weighted by Crippen LogP contribution is 2.41. The maximum absolute atomic E-state index is 5.37. The normalized spacial score (nSPS) is 23.7. The van der Waals surface area contributed by atoms with Crippen molar-refractivity contribution in [3.63, 3.8) is 0 Å². The standard InChI is InChI=1S/C20H29N3O2/c1-13(2)18-7-6-14(3)8-20(18)23-12-19(21-22-23)15-9-16(24-4)11-17(10-15)25-5/h9-14,18,20H,6-8H2,1-5H3/t14-,18+,20-/m1/s1. The van der Waals surface area contributed by atoms with Crippen LogP contribution in [-0.4, -0.2) is 29.2 Å². The van der Waals surface area contributed by atoms with Gasteiger partial charge in [-0.05, 0) is 42.7 Å². The van der Waals surface area contributed by atoms with Crippen molar-refractivity contribution < 1.29 is 9.47 Å². The van der Waals surface area contributed by atoms with Gasteiger partial charge in [0.1, 0.15) is 17.2 Å². The van der Waals surface area contributed by atoms with E-state index in [9.17, 15) is 0 Å². The number of hydrogen-bond donors (Lipinski definition) is 0. The molecule has 0 aliphatic heterocycles. The molecule has 0 unspecified atom stereocenters. The van der Waals surface area contributed by atoms with Crippen molar-refractivity contribution in [3.05, 3.63) is 24.4 Å². The van der Waals surface area contributed by atoms with Gasteiger partial charge in [-0.15, -0.1) is 5.10 Å². The molecule has 3 atom stereocenters. The lowest BCUT2D eigenvalue weighted by molar-refractivity contribution is 0.137. The minimum atomic E-state index is 0.428. The van der Waals surface area contributed by atoms with Crippen LogP contribution in [0.3, 0.4) is 0 Å². The molecule has 25 heavy (non-hydrogen) atoms. The van der Waals surface area contributed by atoms with E-state index < -0.39 is 0 Å². The van der Waals surface area contributed by atoms with Crippen LogP contribution in [0.4, 0.5) is 0 Å². The summed E-state index contributed by atoms with van der Waals surface area (Å²) < 4.78 is 12.8. The van der Waals surface area contributed by atoms with E-state index in [1.54, 1.807) is 14.2 Å². The van der Waals surface area contributed by atoms with Crippen molar-refractivity contribution in [2.75, 3.05) is 14.2 Å². The summed E-state index contributed by atoms with van der Waals surface area (Å²) in [5.74, 6) is 3.57. The Morgan fingerprint density at radius 2 is 1.76 bits per heavy atom. The summed E-state index contributed by atoms with van der Waals surface area (Å²) in [6.07, 6.45) is 5.83. The number of benzene rings is 1. The smallest absolute Gasteiger partial charge is 0.123 e. The predicted molar refractivity (Wildman–Crippen MR) is 98.9 cm³/mol. The molecular formula is C20H29N3O2. The van der Waals surface area contributed by atoms with E-state index in [4.69, 9.17) is 9.47 Å². The first-order valence-electron chi connectivity index (χ1n) is 9.17. The number of hydrogen-bond acceptors (Lipinski definition) is 4. The van der Waals surface area contributed by atoms with E-state index in [0.717, 1.165) is 28.7 Å². The fraction of sp³-hybridized carbons (Fsp3) is 0.600. The predicted octanol–water partition coefficient (Wildman–Crippen LogP) is 4.60. The van der Waals surface area contributed by atoms with Gasteiger partial charge in [-0.25, -0.2) is 4.68 Å². The number of ether oxygens (including phenoxy) is 2. The van der Waals surface area contributed by atoms with Gasteiger partial charge in [-0.2, -0.15) is 0 Å². The average Bonchev–Trinajstić information content (AvgIpc) is 3.11. The van der Waals surface area contributed by atoms with Crippen LogP contribution in [-0.2, 0) is 0 Å². The SMILES string of the molecule is COc1cc(OC)cc(-c2cn([C@@H]3C[C@H](C)CC[C@H]3C(C)C)nn2)c1. The molecule has 0 saturated heterocycles. The number of aromatic nitrogens is 3. The van der Waals surface area contributed by atoms with Crippen LogP contribution in [0, 0.1) is 17.8 Å². The molecule has 1 aromatic carbocycles. The quantitative estimate of drug-likeness (QED) is 0.796. The third-order valence-corrected chi connectivity index (χ3v) is 5.48. The summed E-state index contributed by atoms with van der Waals surface area (Å²) >= 11 is 0. The van der Waals surface area contributed by atoms with Crippen molar-refractivity contribution in [2.24, 2.45) is 17.8 Å². The maximum atomic E-state index is 5.37. The van der Waals surface area contributed by atoms with E-state index in [-0.39, 0.29) is 0 Å². The van der Waals surface area contributed by atoms with E-state index in [1.807, 2.05) is 18.2 Å². The van der Waals surface area contributed by atoms with Gasteiger partial charge in [0.2, 0.25) is 0 Å². The van der Waals surface area contributed by atoms with Crippen LogP contribution in [0.2, 0.25) is 0 Å². The molecule has 1 heterocycles. The molecule has 1 saturated carbocycles. The van der Waals surface area contributed by atoms with Crippen molar-refractivity contribution in [1.82, 2.24) is 15.0 Å². The second-order valence-corrected chi connectivity index (χ2v) is 7.58. The topological polar surface area (TPSA) is 49.2 Å². The van der Waals surface area contributed by atoms with Crippen LogP contribution in [0.15, 0.2) is 24.4 Å². The molecule has 1 aliphatic carbocycles. The molecule has 0 amide bonds. The zero-order valence-electron chi connectivity index (χ0n) is 15.9. The average molecular weight is 343 g/mol. The molecule has 3 rings (SSSR count). The second kappa shape index (κ2) is 7.46. The Hall–Kier alpha value is -2.04. The van der Waals surface area contributed by atoms with Crippen LogP contribution in [0.1, 0.15) is 46.1 Å². The zero-order valence-corrected chi connectivity index (χ0v) is 15.9. The lowest BCUT2D eigenvalue weighted by atomic mass is 9.74. The Morgan fingerprint density at radius 1 is 1.08 bits per heavy atom. The number of methoxy groups -OCH3 is 2. The number of rotatable bonds is 5. The molecule has 0 bridgehead atoms.